The molecule has 26 heavy (non-hydrogen) atoms. The van der Waals surface area contributed by atoms with E-state index < -0.39 is 18.6 Å². The SMILES string of the molecule is CCNC(=NCC(=O)N(C)CC(F)(F)F)NCCc1ccccc1OC. The number of hydrogen-bond donors (Lipinski definition) is 2. The Balaban J connectivity index is 2.56. The Labute approximate surface area is 151 Å². The fraction of sp³-hybridized carbons (Fsp3) is 0.529. The van der Waals surface area contributed by atoms with Crippen LogP contribution < -0.4 is 15.4 Å². The number of carbonyl (C=O) groups is 1. The molecule has 1 aromatic carbocycles. The first-order chi connectivity index (χ1) is 12.3. The van der Waals surface area contributed by atoms with Gasteiger partial charge in [0.05, 0.1) is 7.11 Å². The van der Waals surface area contributed by atoms with Crippen LogP contribution in [0.15, 0.2) is 29.3 Å². The van der Waals surface area contributed by atoms with Gasteiger partial charge in [-0.25, -0.2) is 4.99 Å². The fourth-order valence-corrected chi connectivity index (χ4v) is 2.19. The Morgan fingerprint density at radius 3 is 2.58 bits per heavy atom. The molecular formula is C17H25F3N4O2. The van der Waals surface area contributed by atoms with Crippen LogP contribution in [-0.4, -0.2) is 63.3 Å². The lowest BCUT2D eigenvalue weighted by atomic mass is 10.1. The lowest BCUT2D eigenvalue weighted by molar-refractivity contribution is -0.157. The van der Waals surface area contributed by atoms with Crippen molar-refractivity contribution < 1.29 is 22.7 Å². The van der Waals surface area contributed by atoms with E-state index >= 15 is 0 Å². The number of nitrogens with one attached hydrogen (secondary N) is 2. The van der Waals surface area contributed by atoms with Crippen molar-refractivity contribution in [3.05, 3.63) is 29.8 Å². The molecule has 0 saturated heterocycles. The molecule has 1 aromatic rings. The Bertz CT molecular complexity index is 606. The molecule has 0 aliphatic heterocycles. The van der Waals surface area contributed by atoms with Crippen LogP contribution in [0.1, 0.15) is 12.5 Å². The van der Waals surface area contributed by atoms with Gasteiger partial charge in [0, 0.05) is 20.1 Å². The number of benzene rings is 1. The largest absolute Gasteiger partial charge is 0.496 e. The monoisotopic (exact) mass is 374 g/mol. The van der Waals surface area contributed by atoms with E-state index in [1.54, 1.807) is 7.11 Å². The summed E-state index contributed by atoms with van der Waals surface area (Å²) in [5.74, 6) is 0.445. The number of alkyl halides is 3. The number of nitrogens with zero attached hydrogens (tertiary/aromatic N) is 2. The van der Waals surface area contributed by atoms with E-state index in [0.29, 0.717) is 30.4 Å². The van der Waals surface area contributed by atoms with E-state index in [-0.39, 0.29) is 6.54 Å². The van der Waals surface area contributed by atoms with Crippen molar-refractivity contribution in [2.45, 2.75) is 19.5 Å². The maximum Gasteiger partial charge on any atom is 0.406 e. The lowest BCUT2D eigenvalue weighted by Gasteiger charge is -2.18. The molecule has 1 rings (SSSR count). The summed E-state index contributed by atoms with van der Waals surface area (Å²) in [7, 11) is 2.70. The van der Waals surface area contributed by atoms with Crippen molar-refractivity contribution in [3.8, 4) is 5.75 Å². The average molecular weight is 374 g/mol. The first-order valence-electron chi connectivity index (χ1n) is 8.21. The van der Waals surface area contributed by atoms with E-state index in [2.05, 4.69) is 15.6 Å². The molecule has 0 spiro atoms. The van der Waals surface area contributed by atoms with E-state index in [1.165, 1.54) is 0 Å². The van der Waals surface area contributed by atoms with E-state index in [1.807, 2.05) is 31.2 Å². The number of para-hydroxylation sites is 1. The Morgan fingerprint density at radius 2 is 1.96 bits per heavy atom. The van der Waals surface area contributed by atoms with E-state index in [0.717, 1.165) is 18.4 Å². The van der Waals surface area contributed by atoms with Crippen LogP contribution >= 0.6 is 0 Å². The molecule has 0 saturated carbocycles. The molecule has 2 N–H and O–H groups in total. The zero-order chi connectivity index (χ0) is 19.6. The first-order valence-corrected chi connectivity index (χ1v) is 8.21. The van der Waals surface area contributed by atoms with Crippen LogP contribution in [0, 0.1) is 0 Å². The number of ether oxygens (including phenoxy) is 1. The minimum absolute atomic E-state index is 0.365. The minimum atomic E-state index is -4.42. The van der Waals surface area contributed by atoms with Crippen molar-refractivity contribution >= 4 is 11.9 Å². The fourth-order valence-electron chi connectivity index (χ4n) is 2.19. The van der Waals surface area contributed by atoms with E-state index in [4.69, 9.17) is 4.74 Å². The second kappa shape index (κ2) is 10.5. The minimum Gasteiger partial charge on any atom is -0.496 e. The molecule has 0 bridgehead atoms. The van der Waals surface area contributed by atoms with Gasteiger partial charge < -0.3 is 20.3 Å². The summed E-state index contributed by atoms with van der Waals surface area (Å²) < 4.78 is 42.2. The number of guanidine groups is 1. The smallest absolute Gasteiger partial charge is 0.406 e. The lowest BCUT2D eigenvalue weighted by Crippen LogP contribution is -2.40. The van der Waals surface area contributed by atoms with Gasteiger partial charge >= 0.3 is 6.18 Å². The van der Waals surface area contributed by atoms with Gasteiger partial charge in [-0.1, -0.05) is 18.2 Å². The molecule has 0 aromatic heterocycles. The quantitative estimate of drug-likeness (QED) is 0.538. The number of aliphatic imine (C=N–C) groups is 1. The maximum atomic E-state index is 12.3. The van der Waals surface area contributed by atoms with E-state index in [9.17, 15) is 18.0 Å². The predicted molar refractivity (Wildman–Crippen MR) is 94.4 cm³/mol. The Hall–Kier alpha value is -2.45. The molecule has 1 amide bonds. The summed E-state index contributed by atoms with van der Waals surface area (Å²) >= 11 is 0. The van der Waals surface area contributed by atoms with Gasteiger partial charge in [-0.2, -0.15) is 13.2 Å². The number of hydrogen-bond acceptors (Lipinski definition) is 3. The van der Waals surface area contributed by atoms with Crippen molar-refractivity contribution in [1.82, 2.24) is 15.5 Å². The van der Waals surface area contributed by atoms with Gasteiger partial charge in [0.25, 0.3) is 0 Å². The topological polar surface area (TPSA) is 66.0 Å². The highest BCUT2D eigenvalue weighted by atomic mass is 19.4. The molecular weight excluding hydrogens is 349 g/mol. The molecule has 146 valence electrons. The van der Waals surface area contributed by atoms with Gasteiger partial charge in [0.2, 0.25) is 5.91 Å². The number of rotatable bonds is 8. The third-order valence-electron chi connectivity index (χ3n) is 3.44. The number of likely N-dealkylation sites (N-methyl/N-ethyl adjacent to an activating group) is 1. The molecule has 0 unspecified atom stereocenters. The summed E-state index contributed by atoms with van der Waals surface area (Å²) in [6.07, 6.45) is -3.76. The van der Waals surface area contributed by atoms with Crippen LogP contribution in [0.5, 0.6) is 5.75 Å². The van der Waals surface area contributed by atoms with Crippen LogP contribution in [0.3, 0.4) is 0 Å². The molecule has 0 fully saturated rings. The van der Waals surface area contributed by atoms with Crippen LogP contribution in [-0.2, 0) is 11.2 Å². The van der Waals surface area contributed by atoms with Crippen molar-refractivity contribution in [2.75, 3.05) is 40.3 Å². The molecule has 9 heteroatoms. The summed E-state index contributed by atoms with van der Waals surface area (Å²) in [5.41, 5.74) is 1.01. The van der Waals surface area contributed by atoms with Gasteiger partial charge in [0.1, 0.15) is 18.8 Å². The number of carbonyl (C=O) groups excluding carboxylic acids is 1. The van der Waals surface area contributed by atoms with Crippen molar-refractivity contribution in [1.29, 1.82) is 0 Å². The van der Waals surface area contributed by atoms with Crippen LogP contribution in [0.4, 0.5) is 13.2 Å². The highest BCUT2D eigenvalue weighted by Crippen LogP contribution is 2.17. The highest BCUT2D eigenvalue weighted by molar-refractivity contribution is 5.84. The van der Waals surface area contributed by atoms with Crippen LogP contribution in [0.2, 0.25) is 0 Å². The summed E-state index contributed by atoms with van der Waals surface area (Å²) in [4.78, 5) is 16.4. The van der Waals surface area contributed by atoms with Gasteiger partial charge in [-0.05, 0) is 25.0 Å². The third kappa shape index (κ3) is 8.09. The molecule has 0 atom stereocenters. The maximum absolute atomic E-state index is 12.3. The summed E-state index contributed by atoms with van der Waals surface area (Å²) in [6, 6.07) is 7.60. The number of methoxy groups -OCH3 is 1. The average Bonchev–Trinajstić information content (AvgIpc) is 2.58. The molecule has 0 heterocycles. The Kier molecular flexibility index (Phi) is 8.74. The third-order valence-corrected chi connectivity index (χ3v) is 3.44. The summed E-state index contributed by atoms with van der Waals surface area (Å²) in [6.45, 7) is 1.29. The molecule has 0 radical (unpaired) electrons. The van der Waals surface area contributed by atoms with Crippen molar-refractivity contribution in [2.24, 2.45) is 4.99 Å². The van der Waals surface area contributed by atoms with Crippen LogP contribution in [0.25, 0.3) is 0 Å². The second-order valence-electron chi connectivity index (χ2n) is 5.55. The van der Waals surface area contributed by atoms with Gasteiger partial charge in [0.15, 0.2) is 5.96 Å². The molecule has 6 nitrogen and oxygen atoms in total. The normalized spacial score (nSPS) is 11.8. The first kappa shape index (κ1) is 21.6. The highest BCUT2D eigenvalue weighted by Gasteiger charge is 2.30. The predicted octanol–water partition coefficient (Wildman–Crippen LogP) is 1.81. The molecule has 0 aliphatic carbocycles. The standard InChI is InChI=1S/C17H25F3N4O2/c1-4-21-16(23-11-15(25)24(2)12-17(18,19)20)22-10-9-13-7-5-6-8-14(13)26-3/h5-8H,4,9-12H2,1-3H3,(H2,21,22,23). The number of halogens is 3. The van der Waals surface area contributed by atoms with Gasteiger partial charge in [-0.15, -0.1) is 0 Å². The number of amides is 1. The zero-order valence-corrected chi connectivity index (χ0v) is 15.2. The van der Waals surface area contributed by atoms with Crippen molar-refractivity contribution in [3.63, 3.8) is 0 Å². The summed E-state index contributed by atoms with van der Waals surface area (Å²) in [5, 5.41) is 6.01. The molecule has 0 aliphatic rings. The second-order valence-corrected chi connectivity index (χ2v) is 5.55. The zero-order valence-electron chi connectivity index (χ0n) is 15.2. The van der Waals surface area contributed by atoms with Gasteiger partial charge in [-0.3, -0.25) is 4.79 Å². The Morgan fingerprint density at radius 1 is 1.27 bits per heavy atom.